The second-order valence-electron chi connectivity index (χ2n) is 8.41. The molecule has 0 unspecified atom stereocenters. The molecule has 0 aliphatic rings. The summed E-state index contributed by atoms with van der Waals surface area (Å²) in [6.45, 7) is 6.26. The van der Waals surface area contributed by atoms with Crippen LogP contribution in [0.25, 0.3) is 5.69 Å². The number of ether oxygens (including phenoxy) is 2. The lowest BCUT2D eigenvalue weighted by atomic mass is 10.1. The van der Waals surface area contributed by atoms with Crippen molar-refractivity contribution in [2.75, 3.05) is 13.7 Å². The fourth-order valence-corrected chi connectivity index (χ4v) is 4.12. The van der Waals surface area contributed by atoms with Gasteiger partial charge < -0.3 is 20.1 Å². The maximum atomic E-state index is 13.8. The average molecular weight is 574 g/mol. The number of hydrogen-bond acceptors (Lipinski definition) is 5. The maximum absolute atomic E-state index is 13.8. The van der Waals surface area contributed by atoms with Gasteiger partial charge in [-0.25, -0.2) is 9.18 Å². The van der Waals surface area contributed by atoms with Crippen molar-refractivity contribution in [3.05, 3.63) is 91.1 Å². The van der Waals surface area contributed by atoms with Gasteiger partial charge in [0, 0.05) is 30.4 Å². The van der Waals surface area contributed by atoms with Crippen molar-refractivity contribution >= 4 is 27.9 Å². The summed E-state index contributed by atoms with van der Waals surface area (Å²) in [5, 5.41) is 5.37. The minimum Gasteiger partial charge on any atom is -0.487 e. The summed E-state index contributed by atoms with van der Waals surface area (Å²) in [5.41, 5.74) is 3.27. The number of nitrogens with zero attached hydrogens (tertiary/aromatic N) is 1. The first-order chi connectivity index (χ1) is 17.7. The van der Waals surface area contributed by atoms with Gasteiger partial charge in [-0.2, -0.15) is 0 Å². The molecule has 3 aromatic rings. The minimum absolute atomic E-state index is 0.0338. The predicted molar refractivity (Wildman–Crippen MR) is 142 cm³/mol. The third-order valence-electron chi connectivity index (χ3n) is 5.71. The van der Waals surface area contributed by atoms with Crippen LogP contribution in [-0.2, 0) is 17.9 Å². The van der Waals surface area contributed by atoms with Gasteiger partial charge in [0.1, 0.15) is 22.6 Å². The number of methoxy groups -OCH3 is 1. The van der Waals surface area contributed by atoms with Crippen LogP contribution in [0, 0.1) is 19.7 Å². The van der Waals surface area contributed by atoms with Crippen LogP contribution in [0.5, 0.6) is 5.75 Å². The highest BCUT2D eigenvalue weighted by atomic mass is 79.9. The van der Waals surface area contributed by atoms with E-state index in [2.05, 4.69) is 31.3 Å². The minimum atomic E-state index is -0.639. The molecule has 0 aliphatic heterocycles. The summed E-state index contributed by atoms with van der Waals surface area (Å²) in [6.07, 6.45) is 0.180. The molecule has 1 heterocycles. The van der Waals surface area contributed by atoms with Gasteiger partial charge in [0.05, 0.1) is 12.8 Å². The van der Waals surface area contributed by atoms with Gasteiger partial charge in [-0.1, -0.05) is 19.1 Å². The number of rotatable bonds is 9. The van der Waals surface area contributed by atoms with E-state index in [1.807, 2.05) is 13.8 Å². The summed E-state index contributed by atoms with van der Waals surface area (Å²) < 4.78 is 26.0. The van der Waals surface area contributed by atoms with Gasteiger partial charge in [-0.3, -0.25) is 14.2 Å². The molecule has 3 rings (SSSR count). The molecule has 0 radical (unpaired) electrons. The van der Waals surface area contributed by atoms with Gasteiger partial charge in [-0.15, -0.1) is 0 Å². The summed E-state index contributed by atoms with van der Waals surface area (Å²) in [5.74, 6) is -0.347. The van der Waals surface area contributed by atoms with Crippen LogP contribution < -0.4 is 20.9 Å². The van der Waals surface area contributed by atoms with E-state index in [-0.39, 0.29) is 29.1 Å². The highest BCUT2D eigenvalue weighted by Gasteiger charge is 2.17. The van der Waals surface area contributed by atoms with Crippen molar-refractivity contribution < 1.29 is 23.5 Å². The Morgan fingerprint density at radius 3 is 2.51 bits per heavy atom. The number of halogens is 2. The van der Waals surface area contributed by atoms with E-state index in [1.165, 1.54) is 23.8 Å². The first kappa shape index (κ1) is 27.9. The average Bonchev–Trinajstić information content (AvgIpc) is 2.88. The lowest BCUT2D eigenvalue weighted by Gasteiger charge is -2.18. The molecular weight excluding hydrogens is 545 g/mol. The van der Waals surface area contributed by atoms with E-state index in [0.29, 0.717) is 40.4 Å². The number of benzene rings is 2. The number of carbonyl (C=O) groups is 2. The highest BCUT2D eigenvalue weighted by Crippen LogP contribution is 2.27. The Labute approximate surface area is 222 Å². The van der Waals surface area contributed by atoms with Crippen molar-refractivity contribution in [3.63, 3.8) is 0 Å². The number of aryl methyl sites for hydroxylation is 2. The van der Waals surface area contributed by atoms with Crippen LogP contribution in [0.1, 0.15) is 46.1 Å². The van der Waals surface area contributed by atoms with E-state index < -0.39 is 11.9 Å². The standard InChI is InChI=1S/C27H29BrFN3O5/c1-5-10-30-25(33)18-7-6-16(2)22(13-18)32-17(3)11-23(24(28)26(32)34)37-15-19-8-9-21(29)12-20(19)14-31-27(35)36-4/h6-9,11-13H,5,10,14-15H2,1-4H3,(H,30,33)(H,31,35). The lowest BCUT2D eigenvalue weighted by Crippen LogP contribution is -2.26. The second kappa shape index (κ2) is 12.5. The van der Waals surface area contributed by atoms with Gasteiger partial charge in [0.25, 0.3) is 11.5 Å². The molecule has 10 heteroatoms. The lowest BCUT2D eigenvalue weighted by molar-refractivity contribution is 0.0953. The Bertz CT molecular complexity index is 1370. The third-order valence-corrected chi connectivity index (χ3v) is 6.44. The van der Waals surface area contributed by atoms with Crippen molar-refractivity contribution in [2.24, 2.45) is 0 Å². The van der Waals surface area contributed by atoms with Crippen LogP contribution in [0.2, 0.25) is 0 Å². The number of carbonyl (C=O) groups excluding carboxylic acids is 2. The number of pyridine rings is 1. The molecule has 0 fully saturated rings. The summed E-state index contributed by atoms with van der Waals surface area (Å²) in [6, 6.07) is 11.1. The van der Waals surface area contributed by atoms with E-state index in [4.69, 9.17) is 4.74 Å². The smallest absolute Gasteiger partial charge is 0.407 e. The number of nitrogens with one attached hydrogen (secondary N) is 2. The molecule has 1 aromatic heterocycles. The molecule has 0 atom stereocenters. The van der Waals surface area contributed by atoms with Crippen molar-refractivity contribution in [3.8, 4) is 11.4 Å². The Balaban J connectivity index is 1.90. The SMILES string of the molecule is CCCNC(=O)c1ccc(C)c(-n2c(C)cc(OCc3ccc(F)cc3CNC(=O)OC)c(Br)c2=O)c1. The van der Waals surface area contributed by atoms with Crippen molar-refractivity contribution in [1.82, 2.24) is 15.2 Å². The molecule has 2 amide bonds. The fourth-order valence-electron chi connectivity index (χ4n) is 3.71. The van der Waals surface area contributed by atoms with Crippen molar-refractivity contribution in [1.29, 1.82) is 0 Å². The Kier molecular flexibility index (Phi) is 9.46. The zero-order chi connectivity index (χ0) is 27.1. The van der Waals surface area contributed by atoms with Crippen LogP contribution in [0.3, 0.4) is 0 Å². The summed E-state index contributed by atoms with van der Waals surface area (Å²) >= 11 is 3.36. The topological polar surface area (TPSA) is 98.7 Å². The van der Waals surface area contributed by atoms with E-state index in [0.717, 1.165) is 12.0 Å². The Morgan fingerprint density at radius 2 is 1.81 bits per heavy atom. The van der Waals surface area contributed by atoms with Crippen LogP contribution in [0.15, 0.2) is 51.7 Å². The third kappa shape index (κ3) is 6.76. The quantitative estimate of drug-likeness (QED) is 0.378. The Hall–Kier alpha value is -3.66. The van der Waals surface area contributed by atoms with Gasteiger partial charge in [0.15, 0.2) is 0 Å². The molecule has 0 spiro atoms. The highest BCUT2D eigenvalue weighted by molar-refractivity contribution is 9.10. The molecule has 37 heavy (non-hydrogen) atoms. The second-order valence-corrected chi connectivity index (χ2v) is 9.20. The largest absolute Gasteiger partial charge is 0.487 e. The first-order valence-electron chi connectivity index (χ1n) is 11.7. The monoisotopic (exact) mass is 573 g/mol. The predicted octanol–water partition coefficient (Wildman–Crippen LogP) is 4.93. The zero-order valence-electron chi connectivity index (χ0n) is 21.1. The molecule has 0 saturated carbocycles. The number of hydrogen-bond donors (Lipinski definition) is 2. The molecular formula is C27H29BrFN3O5. The number of amides is 2. The van der Waals surface area contributed by atoms with Gasteiger partial charge >= 0.3 is 6.09 Å². The normalized spacial score (nSPS) is 10.6. The van der Waals surface area contributed by atoms with Crippen LogP contribution >= 0.6 is 15.9 Å². The molecule has 2 N–H and O–H groups in total. The molecule has 8 nitrogen and oxygen atoms in total. The van der Waals surface area contributed by atoms with E-state index in [1.54, 1.807) is 37.3 Å². The zero-order valence-corrected chi connectivity index (χ0v) is 22.7. The maximum Gasteiger partial charge on any atom is 0.407 e. The van der Waals surface area contributed by atoms with Crippen LogP contribution in [0.4, 0.5) is 9.18 Å². The molecule has 0 saturated heterocycles. The summed E-state index contributed by atoms with van der Waals surface area (Å²) in [4.78, 5) is 37.3. The van der Waals surface area contributed by atoms with Gasteiger partial charge in [-0.05, 0) is 77.2 Å². The van der Waals surface area contributed by atoms with Crippen molar-refractivity contribution in [2.45, 2.75) is 40.3 Å². The van der Waals surface area contributed by atoms with E-state index in [9.17, 15) is 18.8 Å². The summed E-state index contributed by atoms with van der Waals surface area (Å²) in [7, 11) is 1.24. The number of alkyl carbamates (subject to hydrolysis) is 1. The fraction of sp³-hybridized carbons (Fsp3) is 0.296. The molecule has 0 bridgehead atoms. The molecule has 2 aromatic carbocycles. The van der Waals surface area contributed by atoms with Crippen LogP contribution in [-0.4, -0.2) is 30.2 Å². The van der Waals surface area contributed by atoms with Gasteiger partial charge in [0.2, 0.25) is 0 Å². The molecule has 196 valence electrons. The first-order valence-corrected chi connectivity index (χ1v) is 12.5. The number of aromatic nitrogens is 1. The van der Waals surface area contributed by atoms with E-state index >= 15 is 0 Å². The Morgan fingerprint density at radius 1 is 1.05 bits per heavy atom. The molecule has 0 aliphatic carbocycles.